The fourth-order valence-electron chi connectivity index (χ4n) is 3.78. The van der Waals surface area contributed by atoms with E-state index in [9.17, 15) is 13.2 Å². The molecule has 0 aliphatic rings. The zero-order valence-corrected chi connectivity index (χ0v) is 23.0. The summed E-state index contributed by atoms with van der Waals surface area (Å²) in [6.07, 6.45) is 3.20. The van der Waals surface area contributed by atoms with Gasteiger partial charge in [-0.05, 0) is 41.3 Å². The van der Waals surface area contributed by atoms with Crippen LogP contribution in [0.25, 0.3) is 10.9 Å². The Morgan fingerprint density at radius 3 is 2.20 bits per heavy atom. The van der Waals surface area contributed by atoms with Crippen molar-refractivity contribution in [2.45, 2.75) is 37.2 Å². The number of benzene rings is 3. The van der Waals surface area contributed by atoms with Gasteiger partial charge in [0.25, 0.3) is 10.0 Å². The van der Waals surface area contributed by atoms with E-state index in [4.69, 9.17) is 0 Å². The van der Waals surface area contributed by atoms with E-state index in [1.165, 1.54) is 15.7 Å². The largest absolute Gasteiger partial charge is 0.289 e. The highest BCUT2D eigenvalue weighted by Gasteiger charge is 2.25. The van der Waals surface area contributed by atoms with Gasteiger partial charge in [-0.25, -0.2) is 12.4 Å². The van der Waals surface area contributed by atoms with Crippen molar-refractivity contribution in [1.82, 2.24) is 3.97 Å². The average Bonchev–Trinajstić information content (AvgIpc) is 3.22. The minimum absolute atomic E-state index is 0.169. The Hall–Kier alpha value is -2.87. The Balaban J connectivity index is 1.75. The van der Waals surface area contributed by atoms with Crippen LogP contribution in [0.5, 0.6) is 0 Å². The summed E-state index contributed by atoms with van der Waals surface area (Å²) in [5.74, 6) is 0.616. The third-order valence-electron chi connectivity index (χ3n) is 5.76. The van der Waals surface area contributed by atoms with Crippen molar-refractivity contribution in [3.8, 4) is 0 Å². The van der Waals surface area contributed by atoms with Crippen molar-refractivity contribution in [2.24, 2.45) is 0 Å². The molecule has 0 radical (unpaired) electrons. The molecule has 0 unspecified atom stereocenters. The second kappa shape index (κ2) is 10.0. The quantitative estimate of drug-likeness (QED) is 0.142. The molecule has 0 atom stereocenters. The van der Waals surface area contributed by atoms with Gasteiger partial charge in [-0.1, -0.05) is 85.9 Å². The lowest BCUT2D eigenvalue weighted by Gasteiger charge is -2.20. The standard InChI is InChI=1S/C28H29NO3S2Si/c1-21-14-16-23(17-15-21)34(31,32)29-19-25(24-12-8-9-13-26(24)29)27(30)18-28(35(2,3)4)33-20-22-10-6-5-7-11-22/h5-19H,20H2,1-4H3/b28-18-. The molecule has 1 aromatic heterocycles. The maximum absolute atomic E-state index is 13.6. The fourth-order valence-corrected chi connectivity index (χ4v) is 8.36. The Morgan fingerprint density at radius 2 is 1.54 bits per heavy atom. The summed E-state index contributed by atoms with van der Waals surface area (Å²) >= 11 is 1.70. The average molecular weight is 520 g/mol. The monoisotopic (exact) mass is 519 g/mol. The van der Waals surface area contributed by atoms with Crippen molar-refractivity contribution in [3.05, 3.63) is 112 Å². The summed E-state index contributed by atoms with van der Waals surface area (Å²) in [6, 6.07) is 24.1. The Kier molecular flexibility index (Phi) is 7.21. The molecule has 7 heteroatoms. The molecule has 0 bridgehead atoms. The molecule has 0 saturated heterocycles. The van der Waals surface area contributed by atoms with Gasteiger partial charge in [-0.2, -0.15) is 0 Å². The minimum Gasteiger partial charge on any atom is -0.289 e. The van der Waals surface area contributed by atoms with Gasteiger partial charge < -0.3 is 0 Å². The molecule has 35 heavy (non-hydrogen) atoms. The van der Waals surface area contributed by atoms with Gasteiger partial charge in [0.1, 0.15) is 0 Å². The number of hydrogen-bond donors (Lipinski definition) is 0. The van der Waals surface area contributed by atoms with Gasteiger partial charge in [0, 0.05) is 22.9 Å². The first kappa shape index (κ1) is 25.2. The molecular formula is C28H29NO3S2Si. The first-order valence-corrected chi connectivity index (χ1v) is 17.4. The van der Waals surface area contributed by atoms with E-state index in [0.717, 1.165) is 15.8 Å². The van der Waals surface area contributed by atoms with Gasteiger partial charge in [-0.15, -0.1) is 11.8 Å². The molecule has 4 nitrogen and oxygen atoms in total. The third-order valence-corrected chi connectivity index (χ3v) is 12.2. The lowest BCUT2D eigenvalue weighted by atomic mass is 10.1. The molecule has 0 fully saturated rings. The van der Waals surface area contributed by atoms with Gasteiger partial charge in [0.2, 0.25) is 0 Å². The number of para-hydroxylation sites is 1. The number of carbonyl (C=O) groups excluding carboxylic acids is 1. The molecule has 4 rings (SSSR count). The highest BCUT2D eigenvalue weighted by Crippen LogP contribution is 2.32. The summed E-state index contributed by atoms with van der Waals surface area (Å²) in [6.45, 7) is 8.57. The van der Waals surface area contributed by atoms with E-state index in [1.807, 2.05) is 37.3 Å². The van der Waals surface area contributed by atoms with E-state index in [1.54, 1.807) is 54.2 Å². The summed E-state index contributed by atoms with van der Waals surface area (Å²) < 4.78 is 29.3. The highest BCUT2D eigenvalue weighted by atomic mass is 32.2. The Labute approximate surface area is 212 Å². The predicted molar refractivity (Wildman–Crippen MR) is 149 cm³/mol. The van der Waals surface area contributed by atoms with Crippen molar-refractivity contribution >= 4 is 46.5 Å². The van der Waals surface area contributed by atoms with Crippen molar-refractivity contribution in [3.63, 3.8) is 0 Å². The molecule has 0 spiro atoms. The normalized spacial score (nSPS) is 12.7. The second-order valence-electron chi connectivity index (χ2n) is 9.57. The minimum atomic E-state index is -3.85. The van der Waals surface area contributed by atoms with E-state index in [-0.39, 0.29) is 10.7 Å². The number of hydrogen-bond acceptors (Lipinski definition) is 4. The number of carbonyl (C=O) groups is 1. The van der Waals surface area contributed by atoms with Crippen LogP contribution in [0.4, 0.5) is 0 Å². The molecule has 0 N–H and O–H groups in total. The maximum atomic E-state index is 13.6. The zero-order chi connectivity index (χ0) is 25.2. The molecule has 4 aromatic rings. The van der Waals surface area contributed by atoms with Gasteiger partial charge in [-0.3, -0.25) is 4.79 Å². The molecule has 0 saturated carbocycles. The second-order valence-corrected chi connectivity index (χ2v) is 17.8. The third kappa shape index (κ3) is 5.53. The highest BCUT2D eigenvalue weighted by molar-refractivity contribution is 8.04. The van der Waals surface area contributed by atoms with E-state index in [0.29, 0.717) is 16.5 Å². The van der Waals surface area contributed by atoms with Crippen LogP contribution >= 0.6 is 11.8 Å². The van der Waals surface area contributed by atoms with Crippen LogP contribution in [0.2, 0.25) is 19.6 Å². The Morgan fingerprint density at radius 1 is 0.914 bits per heavy atom. The molecule has 0 aliphatic carbocycles. The van der Waals surface area contributed by atoms with Crippen molar-refractivity contribution in [1.29, 1.82) is 0 Å². The van der Waals surface area contributed by atoms with Crippen LogP contribution in [-0.2, 0) is 15.8 Å². The molecule has 3 aromatic carbocycles. The fraction of sp³-hybridized carbons (Fsp3) is 0.179. The van der Waals surface area contributed by atoms with Crippen LogP contribution in [0.3, 0.4) is 0 Å². The lowest BCUT2D eigenvalue weighted by molar-refractivity contribution is 0.104. The molecule has 1 heterocycles. The number of aryl methyl sites for hydroxylation is 1. The van der Waals surface area contributed by atoms with Crippen LogP contribution in [0.1, 0.15) is 21.5 Å². The van der Waals surface area contributed by atoms with E-state index < -0.39 is 18.1 Å². The number of thioether (sulfide) groups is 1. The summed E-state index contributed by atoms with van der Waals surface area (Å²) in [5.41, 5.74) is 3.08. The summed E-state index contributed by atoms with van der Waals surface area (Å²) in [7, 11) is -5.66. The van der Waals surface area contributed by atoms with Crippen molar-refractivity contribution < 1.29 is 13.2 Å². The zero-order valence-electron chi connectivity index (χ0n) is 20.4. The molecule has 0 aliphatic heterocycles. The van der Waals surface area contributed by atoms with E-state index in [2.05, 4.69) is 31.8 Å². The Bertz CT molecular complexity index is 1500. The van der Waals surface area contributed by atoms with E-state index >= 15 is 0 Å². The molecule has 0 amide bonds. The predicted octanol–water partition coefficient (Wildman–Crippen LogP) is 7.06. The van der Waals surface area contributed by atoms with Crippen LogP contribution in [-0.4, -0.2) is 26.2 Å². The van der Waals surface area contributed by atoms with Gasteiger partial charge in [0.05, 0.1) is 18.5 Å². The van der Waals surface area contributed by atoms with Crippen molar-refractivity contribution in [2.75, 3.05) is 0 Å². The number of allylic oxidation sites excluding steroid dienone is 1. The first-order chi connectivity index (χ1) is 16.6. The SMILES string of the molecule is Cc1ccc(S(=O)(=O)n2cc(C(=O)/C=C(/SCc3ccccc3)[Si](C)(C)C)c3ccccc32)cc1. The number of nitrogens with zero attached hydrogens (tertiary/aromatic N) is 1. The van der Waals surface area contributed by atoms with Gasteiger partial charge >= 0.3 is 0 Å². The van der Waals surface area contributed by atoms with Crippen LogP contribution in [0, 0.1) is 6.92 Å². The number of fused-ring (bicyclic) bond motifs is 1. The first-order valence-electron chi connectivity index (χ1n) is 11.4. The molecule has 180 valence electrons. The smallest absolute Gasteiger partial charge is 0.268 e. The van der Waals surface area contributed by atoms with Gasteiger partial charge in [0.15, 0.2) is 5.78 Å². The summed E-state index contributed by atoms with van der Waals surface area (Å²) in [4.78, 5) is 13.8. The number of aromatic nitrogens is 1. The number of rotatable bonds is 8. The summed E-state index contributed by atoms with van der Waals surface area (Å²) in [5, 5.41) is 0.632. The molecular weight excluding hydrogens is 491 g/mol. The van der Waals surface area contributed by atoms with Crippen LogP contribution in [0.15, 0.2) is 101 Å². The topological polar surface area (TPSA) is 56.1 Å². The lowest BCUT2D eigenvalue weighted by Crippen LogP contribution is -2.23. The van der Waals surface area contributed by atoms with Crippen LogP contribution < -0.4 is 0 Å². The maximum Gasteiger partial charge on any atom is 0.268 e. The number of ketones is 1.